The van der Waals surface area contributed by atoms with Gasteiger partial charge in [-0.05, 0) is 49.3 Å². The molecule has 4 heteroatoms. The highest BCUT2D eigenvalue weighted by Crippen LogP contribution is 2.34. The molecule has 3 N–H and O–H groups in total. The third-order valence-corrected chi connectivity index (χ3v) is 4.46. The second-order valence-electron chi connectivity index (χ2n) is 6.78. The van der Waals surface area contributed by atoms with Crippen LogP contribution in [-0.4, -0.2) is 16.0 Å². The molecule has 1 aromatic carbocycles. The molecule has 0 spiro atoms. The van der Waals surface area contributed by atoms with E-state index in [4.69, 9.17) is 0 Å². The van der Waals surface area contributed by atoms with Crippen LogP contribution in [0.25, 0.3) is 11.0 Å². The SMILES string of the molecule is CC1(C)CCCC(Nc2ccc3[nH]c(=O)[nH]c3c2)CC1. The lowest BCUT2D eigenvalue weighted by Gasteiger charge is -2.22. The molecule has 0 amide bonds. The second-order valence-corrected chi connectivity index (χ2v) is 6.78. The van der Waals surface area contributed by atoms with Gasteiger partial charge >= 0.3 is 5.69 Å². The van der Waals surface area contributed by atoms with Crippen LogP contribution in [0.4, 0.5) is 5.69 Å². The van der Waals surface area contributed by atoms with E-state index in [1.807, 2.05) is 18.2 Å². The van der Waals surface area contributed by atoms with Gasteiger partial charge in [-0.1, -0.05) is 20.3 Å². The molecule has 0 aliphatic heterocycles. The van der Waals surface area contributed by atoms with E-state index in [-0.39, 0.29) is 5.69 Å². The first-order valence-electron chi connectivity index (χ1n) is 7.50. The number of aromatic amines is 2. The predicted octanol–water partition coefficient (Wildman–Crippen LogP) is 3.63. The minimum absolute atomic E-state index is 0.145. The zero-order valence-corrected chi connectivity index (χ0v) is 12.3. The highest BCUT2D eigenvalue weighted by molar-refractivity contribution is 5.78. The van der Waals surface area contributed by atoms with E-state index in [1.165, 1.54) is 32.1 Å². The maximum absolute atomic E-state index is 11.3. The molecule has 0 saturated heterocycles. The Hall–Kier alpha value is -1.71. The van der Waals surface area contributed by atoms with Gasteiger partial charge in [0.05, 0.1) is 11.0 Å². The lowest BCUT2D eigenvalue weighted by molar-refractivity contribution is 0.313. The number of aromatic nitrogens is 2. The molecule has 1 saturated carbocycles. The lowest BCUT2D eigenvalue weighted by atomic mass is 9.85. The van der Waals surface area contributed by atoms with Gasteiger partial charge in [-0.25, -0.2) is 4.79 Å². The molecule has 2 aromatic rings. The van der Waals surface area contributed by atoms with Crippen LogP contribution in [0.5, 0.6) is 0 Å². The van der Waals surface area contributed by atoms with Crippen molar-refractivity contribution in [2.45, 2.75) is 52.0 Å². The average molecular weight is 273 g/mol. The van der Waals surface area contributed by atoms with E-state index < -0.39 is 0 Å². The summed E-state index contributed by atoms with van der Waals surface area (Å²) in [5.41, 5.74) is 3.16. The lowest BCUT2D eigenvalue weighted by Crippen LogP contribution is -2.19. The third kappa shape index (κ3) is 2.89. The highest BCUT2D eigenvalue weighted by Gasteiger charge is 2.24. The third-order valence-electron chi connectivity index (χ3n) is 4.46. The van der Waals surface area contributed by atoms with Crippen LogP contribution in [0.15, 0.2) is 23.0 Å². The van der Waals surface area contributed by atoms with Crippen molar-refractivity contribution in [2.24, 2.45) is 5.41 Å². The molecule has 1 aliphatic carbocycles. The van der Waals surface area contributed by atoms with Crippen LogP contribution in [-0.2, 0) is 0 Å². The molecule has 1 fully saturated rings. The summed E-state index contributed by atoms with van der Waals surface area (Å²) < 4.78 is 0. The normalized spacial score (nSPS) is 22.6. The molecule has 108 valence electrons. The van der Waals surface area contributed by atoms with Crippen molar-refractivity contribution in [3.8, 4) is 0 Å². The van der Waals surface area contributed by atoms with E-state index in [0.717, 1.165) is 16.7 Å². The summed E-state index contributed by atoms with van der Waals surface area (Å²) in [7, 11) is 0. The number of fused-ring (bicyclic) bond motifs is 1. The Labute approximate surface area is 119 Å². The van der Waals surface area contributed by atoms with Gasteiger partial charge in [0, 0.05) is 11.7 Å². The van der Waals surface area contributed by atoms with Crippen molar-refractivity contribution in [1.82, 2.24) is 9.97 Å². The van der Waals surface area contributed by atoms with Crippen molar-refractivity contribution in [3.05, 3.63) is 28.7 Å². The number of H-pyrrole nitrogens is 2. The van der Waals surface area contributed by atoms with Gasteiger partial charge < -0.3 is 15.3 Å². The zero-order valence-electron chi connectivity index (χ0n) is 12.3. The first-order chi connectivity index (χ1) is 9.52. The maximum Gasteiger partial charge on any atom is 0.323 e. The van der Waals surface area contributed by atoms with Crippen molar-refractivity contribution in [1.29, 1.82) is 0 Å². The molecule has 20 heavy (non-hydrogen) atoms. The number of hydrogen-bond donors (Lipinski definition) is 3. The molecule has 1 unspecified atom stereocenters. The Balaban J connectivity index is 1.74. The zero-order chi connectivity index (χ0) is 14.2. The number of benzene rings is 1. The largest absolute Gasteiger partial charge is 0.382 e. The van der Waals surface area contributed by atoms with E-state index in [2.05, 4.69) is 29.1 Å². The fraction of sp³-hybridized carbons (Fsp3) is 0.562. The van der Waals surface area contributed by atoms with Gasteiger partial charge in [-0.3, -0.25) is 0 Å². The Morgan fingerprint density at radius 1 is 1.15 bits per heavy atom. The molecular weight excluding hydrogens is 250 g/mol. The Bertz CT molecular complexity index is 653. The van der Waals surface area contributed by atoms with Crippen molar-refractivity contribution >= 4 is 16.7 Å². The Morgan fingerprint density at radius 2 is 1.95 bits per heavy atom. The number of imidazole rings is 1. The molecule has 1 aliphatic rings. The molecule has 1 heterocycles. The molecule has 0 bridgehead atoms. The first-order valence-corrected chi connectivity index (χ1v) is 7.50. The van der Waals surface area contributed by atoms with Crippen LogP contribution in [0.3, 0.4) is 0 Å². The summed E-state index contributed by atoms with van der Waals surface area (Å²) in [6.07, 6.45) is 6.32. The number of nitrogens with one attached hydrogen (secondary N) is 3. The van der Waals surface area contributed by atoms with Gasteiger partial charge in [-0.2, -0.15) is 0 Å². The second kappa shape index (κ2) is 5.00. The van der Waals surface area contributed by atoms with Crippen LogP contribution < -0.4 is 11.0 Å². The molecule has 3 rings (SSSR count). The van der Waals surface area contributed by atoms with Gasteiger partial charge in [0.15, 0.2) is 0 Å². The van der Waals surface area contributed by atoms with Gasteiger partial charge in [0.1, 0.15) is 0 Å². The number of hydrogen-bond acceptors (Lipinski definition) is 2. The summed E-state index contributed by atoms with van der Waals surface area (Å²) in [6, 6.07) is 6.56. The Morgan fingerprint density at radius 3 is 2.80 bits per heavy atom. The average Bonchev–Trinajstić information content (AvgIpc) is 2.66. The fourth-order valence-electron chi connectivity index (χ4n) is 3.16. The van der Waals surface area contributed by atoms with E-state index in [0.29, 0.717) is 11.5 Å². The maximum atomic E-state index is 11.3. The quantitative estimate of drug-likeness (QED) is 0.732. The van der Waals surface area contributed by atoms with Gasteiger partial charge in [0.2, 0.25) is 0 Å². The van der Waals surface area contributed by atoms with E-state index >= 15 is 0 Å². The van der Waals surface area contributed by atoms with E-state index in [9.17, 15) is 4.79 Å². The summed E-state index contributed by atoms with van der Waals surface area (Å²) >= 11 is 0. The summed E-state index contributed by atoms with van der Waals surface area (Å²) in [6.45, 7) is 4.73. The topological polar surface area (TPSA) is 60.7 Å². The summed E-state index contributed by atoms with van der Waals surface area (Å²) in [4.78, 5) is 16.9. The molecule has 0 radical (unpaired) electrons. The van der Waals surface area contributed by atoms with Gasteiger partial charge in [0.25, 0.3) is 0 Å². The predicted molar refractivity (Wildman–Crippen MR) is 83.2 cm³/mol. The summed E-state index contributed by atoms with van der Waals surface area (Å²) in [5, 5.41) is 3.62. The molecular formula is C16H23N3O. The first kappa shape index (κ1) is 13.3. The fourth-order valence-corrected chi connectivity index (χ4v) is 3.16. The monoisotopic (exact) mass is 273 g/mol. The molecule has 4 nitrogen and oxygen atoms in total. The summed E-state index contributed by atoms with van der Waals surface area (Å²) in [5.74, 6) is 0. The highest BCUT2D eigenvalue weighted by atomic mass is 16.1. The van der Waals surface area contributed by atoms with Gasteiger partial charge in [-0.15, -0.1) is 0 Å². The minimum Gasteiger partial charge on any atom is -0.382 e. The molecule has 1 atom stereocenters. The minimum atomic E-state index is -0.145. The standard InChI is InChI=1S/C16H23N3O/c1-16(2)8-3-4-11(7-9-16)17-12-5-6-13-14(10-12)19-15(20)18-13/h5-6,10-11,17H,3-4,7-9H2,1-2H3,(H2,18,19,20). The van der Waals surface area contributed by atoms with E-state index in [1.54, 1.807) is 0 Å². The number of rotatable bonds is 2. The molecule has 1 aromatic heterocycles. The van der Waals surface area contributed by atoms with Crippen LogP contribution in [0.1, 0.15) is 46.0 Å². The van der Waals surface area contributed by atoms with Crippen LogP contribution in [0.2, 0.25) is 0 Å². The number of anilines is 1. The van der Waals surface area contributed by atoms with Crippen LogP contribution in [0, 0.1) is 5.41 Å². The van der Waals surface area contributed by atoms with Crippen LogP contribution >= 0.6 is 0 Å². The smallest absolute Gasteiger partial charge is 0.323 e. The Kier molecular flexibility index (Phi) is 3.32. The van der Waals surface area contributed by atoms with Crippen molar-refractivity contribution in [3.63, 3.8) is 0 Å². The van der Waals surface area contributed by atoms with Crippen molar-refractivity contribution < 1.29 is 0 Å². The van der Waals surface area contributed by atoms with Crippen molar-refractivity contribution in [2.75, 3.05) is 5.32 Å².